The van der Waals surface area contributed by atoms with Gasteiger partial charge in [-0.25, -0.2) is 4.98 Å². The fourth-order valence-electron chi connectivity index (χ4n) is 2.03. The molecule has 1 aliphatic rings. The Bertz CT molecular complexity index is 338. The number of aromatic nitrogens is 2. The summed E-state index contributed by atoms with van der Waals surface area (Å²) in [6, 6.07) is 0. The van der Waals surface area contributed by atoms with Crippen molar-refractivity contribution in [2.45, 2.75) is 46.3 Å². The fourth-order valence-corrected chi connectivity index (χ4v) is 2.03. The van der Waals surface area contributed by atoms with Gasteiger partial charge in [-0.1, -0.05) is 13.8 Å². The Balaban J connectivity index is 2.16. The van der Waals surface area contributed by atoms with Gasteiger partial charge in [0.15, 0.2) is 0 Å². The summed E-state index contributed by atoms with van der Waals surface area (Å²) in [5, 5.41) is 0. The summed E-state index contributed by atoms with van der Waals surface area (Å²) in [7, 11) is 0. The van der Waals surface area contributed by atoms with Crippen molar-refractivity contribution in [3.8, 4) is 0 Å². The minimum Gasteiger partial charge on any atom is -0.333 e. The van der Waals surface area contributed by atoms with Crippen LogP contribution in [0.5, 0.6) is 0 Å². The van der Waals surface area contributed by atoms with Crippen molar-refractivity contribution >= 4 is 0 Å². The predicted molar refractivity (Wildman–Crippen MR) is 61.6 cm³/mol. The molecule has 0 aliphatic carbocycles. The van der Waals surface area contributed by atoms with Crippen molar-refractivity contribution in [3.63, 3.8) is 0 Å². The van der Waals surface area contributed by atoms with Gasteiger partial charge in [0.1, 0.15) is 5.82 Å². The summed E-state index contributed by atoms with van der Waals surface area (Å²) in [4.78, 5) is 6.94. The second-order valence-electron chi connectivity index (χ2n) is 5.27. The Morgan fingerprint density at radius 1 is 1.33 bits per heavy atom. The van der Waals surface area contributed by atoms with Crippen LogP contribution in [0.2, 0.25) is 0 Å². The van der Waals surface area contributed by atoms with Gasteiger partial charge < -0.3 is 4.57 Å². The zero-order valence-corrected chi connectivity index (χ0v) is 10.2. The van der Waals surface area contributed by atoms with E-state index in [1.165, 1.54) is 5.82 Å². The Morgan fingerprint density at radius 2 is 2.07 bits per heavy atom. The van der Waals surface area contributed by atoms with Crippen molar-refractivity contribution in [2.24, 2.45) is 5.92 Å². The van der Waals surface area contributed by atoms with Crippen molar-refractivity contribution in [1.29, 1.82) is 0 Å². The molecule has 1 aliphatic heterocycles. The van der Waals surface area contributed by atoms with Crippen LogP contribution in [0.1, 0.15) is 33.5 Å². The standard InChI is InChI=1S/C12H21N3/c1-10(2)12(3,4)15-8-7-14-6-5-13-11(14)9-15/h5-6,10H,7-9H2,1-4H3. The molecule has 0 aromatic carbocycles. The number of hydrogen-bond acceptors (Lipinski definition) is 2. The van der Waals surface area contributed by atoms with E-state index >= 15 is 0 Å². The average molecular weight is 207 g/mol. The third kappa shape index (κ3) is 1.81. The van der Waals surface area contributed by atoms with E-state index in [1.807, 2.05) is 6.20 Å². The van der Waals surface area contributed by atoms with Gasteiger partial charge in [-0.05, 0) is 19.8 Å². The third-order valence-corrected chi connectivity index (χ3v) is 3.97. The normalized spacial score (nSPS) is 18.2. The lowest BCUT2D eigenvalue weighted by molar-refractivity contribution is 0.0488. The Hall–Kier alpha value is -0.830. The lowest BCUT2D eigenvalue weighted by Gasteiger charge is -2.43. The second-order valence-corrected chi connectivity index (χ2v) is 5.27. The molecule has 0 fully saturated rings. The van der Waals surface area contributed by atoms with Crippen LogP contribution in [0, 0.1) is 5.92 Å². The van der Waals surface area contributed by atoms with E-state index in [9.17, 15) is 0 Å². The quantitative estimate of drug-likeness (QED) is 0.741. The topological polar surface area (TPSA) is 21.1 Å². The molecule has 0 spiro atoms. The predicted octanol–water partition coefficient (Wildman–Crippen LogP) is 2.13. The maximum absolute atomic E-state index is 4.40. The van der Waals surface area contributed by atoms with Gasteiger partial charge in [0.2, 0.25) is 0 Å². The van der Waals surface area contributed by atoms with Gasteiger partial charge in [-0.15, -0.1) is 0 Å². The van der Waals surface area contributed by atoms with E-state index in [0.29, 0.717) is 5.92 Å². The Labute approximate surface area is 92.1 Å². The highest BCUT2D eigenvalue weighted by molar-refractivity contribution is 4.99. The van der Waals surface area contributed by atoms with Crippen molar-refractivity contribution < 1.29 is 0 Å². The van der Waals surface area contributed by atoms with Gasteiger partial charge in [-0.2, -0.15) is 0 Å². The summed E-state index contributed by atoms with van der Waals surface area (Å²) in [6.45, 7) is 12.4. The van der Waals surface area contributed by atoms with Crippen LogP contribution in [-0.2, 0) is 13.1 Å². The van der Waals surface area contributed by atoms with Crippen LogP contribution < -0.4 is 0 Å². The minimum absolute atomic E-state index is 0.261. The SMILES string of the molecule is CC(C)C(C)(C)N1CCn2ccnc2C1. The maximum Gasteiger partial charge on any atom is 0.122 e. The zero-order chi connectivity index (χ0) is 11.1. The Kier molecular flexibility index (Phi) is 2.59. The summed E-state index contributed by atoms with van der Waals surface area (Å²) in [5.74, 6) is 1.87. The fraction of sp³-hybridized carbons (Fsp3) is 0.750. The van der Waals surface area contributed by atoms with Gasteiger partial charge in [0.05, 0.1) is 6.54 Å². The highest BCUT2D eigenvalue weighted by Gasteiger charge is 2.32. The monoisotopic (exact) mass is 207 g/mol. The molecular formula is C12H21N3. The van der Waals surface area contributed by atoms with E-state index in [1.54, 1.807) is 0 Å². The summed E-state index contributed by atoms with van der Waals surface area (Å²) >= 11 is 0. The van der Waals surface area contributed by atoms with Gasteiger partial charge in [-0.3, -0.25) is 4.90 Å². The number of hydrogen-bond donors (Lipinski definition) is 0. The molecule has 84 valence electrons. The smallest absolute Gasteiger partial charge is 0.122 e. The average Bonchev–Trinajstić information content (AvgIpc) is 2.63. The Morgan fingerprint density at radius 3 is 2.73 bits per heavy atom. The van der Waals surface area contributed by atoms with E-state index < -0.39 is 0 Å². The second kappa shape index (κ2) is 3.63. The van der Waals surface area contributed by atoms with Crippen LogP contribution in [0.15, 0.2) is 12.4 Å². The molecule has 2 heterocycles. The molecule has 1 aromatic heterocycles. The first kappa shape index (κ1) is 10.7. The number of rotatable bonds is 2. The molecule has 1 aromatic rings. The molecule has 3 nitrogen and oxygen atoms in total. The van der Waals surface area contributed by atoms with Crippen molar-refractivity contribution in [3.05, 3.63) is 18.2 Å². The zero-order valence-electron chi connectivity index (χ0n) is 10.2. The van der Waals surface area contributed by atoms with Crippen LogP contribution >= 0.6 is 0 Å². The van der Waals surface area contributed by atoms with Crippen LogP contribution in [0.4, 0.5) is 0 Å². The molecule has 15 heavy (non-hydrogen) atoms. The van der Waals surface area contributed by atoms with Crippen LogP contribution in [0.25, 0.3) is 0 Å². The molecule has 0 bridgehead atoms. The first-order chi connectivity index (χ1) is 7.01. The number of nitrogens with zero attached hydrogens (tertiary/aromatic N) is 3. The van der Waals surface area contributed by atoms with Crippen molar-refractivity contribution in [2.75, 3.05) is 6.54 Å². The molecule has 0 amide bonds. The van der Waals surface area contributed by atoms with E-state index in [0.717, 1.165) is 19.6 Å². The molecule has 2 rings (SSSR count). The molecule has 0 N–H and O–H groups in total. The van der Waals surface area contributed by atoms with E-state index in [2.05, 4.69) is 48.3 Å². The van der Waals surface area contributed by atoms with Crippen LogP contribution in [0.3, 0.4) is 0 Å². The van der Waals surface area contributed by atoms with Crippen LogP contribution in [-0.4, -0.2) is 26.5 Å². The molecule has 0 unspecified atom stereocenters. The first-order valence-electron chi connectivity index (χ1n) is 5.77. The van der Waals surface area contributed by atoms with E-state index in [4.69, 9.17) is 0 Å². The molecule has 3 heteroatoms. The van der Waals surface area contributed by atoms with Gasteiger partial charge in [0.25, 0.3) is 0 Å². The maximum atomic E-state index is 4.40. The first-order valence-corrected chi connectivity index (χ1v) is 5.77. The minimum atomic E-state index is 0.261. The molecule has 0 saturated carbocycles. The lowest BCUT2D eigenvalue weighted by Crippen LogP contribution is -2.50. The number of imidazole rings is 1. The summed E-state index contributed by atoms with van der Waals surface area (Å²) in [6.07, 6.45) is 3.98. The lowest BCUT2D eigenvalue weighted by atomic mass is 9.88. The van der Waals surface area contributed by atoms with Crippen molar-refractivity contribution in [1.82, 2.24) is 14.5 Å². The third-order valence-electron chi connectivity index (χ3n) is 3.97. The van der Waals surface area contributed by atoms with Gasteiger partial charge >= 0.3 is 0 Å². The summed E-state index contributed by atoms with van der Waals surface area (Å²) < 4.78 is 2.26. The largest absolute Gasteiger partial charge is 0.333 e. The molecule has 0 saturated heterocycles. The van der Waals surface area contributed by atoms with Gasteiger partial charge in [0, 0.05) is 31.0 Å². The summed E-state index contributed by atoms with van der Waals surface area (Å²) in [5.41, 5.74) is 0.261. The number of fused-ring (bicyclic) bond motifs is 1. The highest BCUT2D eigenvalue weighted by atomic mass is 15.3. The molecule has 0 atom stereocenters. The highest BCUT2D eigenvalue weighted by Crippen LogP contribution is 2.27. The van der Waals surface area contributed by atoms with E-state index in [-0.39, 0.29) is 5.54 Å². The molecular weight excluding hydrogens is 186 g/mol. The molecule has 0 radical (unpaired) electrons.